The van der Waals surface area contributed by atoms with Crippen LogP contribution in [0, 0.1) is 5.21 Å². The number of aliphatic hydroxyl groups excluding tert-OH is 1. The van der Waals surface area contributed by atoms with Crippen molar-refractivity contribution in [3.05, 3.63) is 38.5 Å². The predicted molar refractivity (Wildman–Crippen MR) is 92.7 cm³/mol. The van der Waals surface area contributed by atoms with Gasteiger partial charge in [0, 0.05) is 10.6 Å². The van der Waals surface area contributed by atoms with Gasteiger partial charge in [-0.3, -0.25) is 0 Å². The number of hydrazine groups is 1. The molecule has 0 aliphatic carbocycles. The first-order chi connectivity index (χ1) is 13.5. The Labute approximate surface area is 172 Å². The summed E-state index contributed by atoms with van der Waals surface area (Å²) in [6, 6.07) is 2.46. The van der Waals surface area contributed by atoms with Gasteiger partial charge in [0.15, 0.2) is 0 Å². The van der Waals surface area contributed by atoms with Crippen LogP contribution in [0.5, 0.6) is 5.75 Å². The van der Waals surface area contributed by atoms with E-state index in [1.165, 1.54) is 19.2 Å². The van der Waals surface area contributed by atoms with Crippen LogP contribution in [0.1, 0.15) is 5.56 Å². The molecule has 1 atom stereocenters. The van der Waals surface area contributed by atoms with Crippen LogP contribution in [0.25, 0.3) is 6.08 Å². The minimum atomic E-state index is -4.95. The molecule has 14 heteroatoms. The fraction of sp³-hybridized carbons (Fsp3) is 0.400. The van der Waals surface area contributed by atoms with Crippen LogP contribution in [-0.4, -0.2) is 60.3 Å². The SMILES string of the molecule is CN(CCO)/[N+]([O-])=N/OCOC(=O)C1=Cc2cc(Cl)cc(Cl)c2OC1C(F)(F)F. The van der Waals surface area contributed by atoms with Crippen molar-refractivity contribution in [2.75, 3.05) is 27.0 Å². The number of hydrogen-bond donors (Lipinski definition) is 1. The van der Waals surface area contributed by atoms with Crippen molar-refractivity contribution in [2.45, 2.75) is 12.3 Å². The maximum atomic E-state index is 13.3. The number of halogens is 5. The van der Waals surface area contributed by atoms with Gasteiger partial charge in [0.05, 0.1) is 35.8 Å². The largest absolute Gasteiger partial charge is 0.569 e. The number of esters is 1. The molecule has 0 fully saturated rings. The van der Waals surface area contributed by atoms with Gasteiger partial charge in [-0.15, -0.1) is 5.01 Å². The van der Waals surface area contributed by atoms with Gasteiger partial charge >= 0.3 is 12.1 Å². The van der Waals surface area contributed by atoms with E-state index >= 15 is 0 Å². The van der Waals surface area contributed by atoms with E-state index in [1.54, 1.807) is 0 Å². The fourth-order valence-electron chi connectivity index (χ4n) is 2.17. The third kappa shape index (κ3) is 5.78. The smallest absolute Gasteiger partial charge is 0.430 e. The number of ether oxygens (including phenoxy) is 2. The summed E-state index contributed by atoms with van der Waals surface area (Å²) in [6.07, 6.45) is -6.69. The Hall–Kier alpha value is -2.44. The number of likely N-dealkylation sites (N-methyl/N-ethyl adjacent to an activating group) is 1. The molecule has 2 rings (SSSR count). The first-order valence-corrected chi connectivity index (χ1v) is 8.53. The van der Waals surface area contributed by atoms with E-state index in [-0.39, 0.29) is 39.5 Å². The lowest BCUT2D eigenvalue weighted by atomic mass is 10.0. The van der Waals surface area contributed by atoms with Crippen molar-refractivity contribution >= 4 is 35.2 Å². The van der Waals surface area contributed by atoms with Crippen LogP contribution in [0.4, 0.5) is 13.2 Å². The van der Waals surface area contributed by atoms with Crippen LogP contribution in [0.15, 0.2) is 23.0 Å². The highest BCUT2D eigenvalue weighted by Crippen LogP contribution is 2.42. The summed E-state index contributed by atoms with van der Waals surface area (Å²) < 4.78 is 49.5. The van der Waals surface area contributed by atoms with Gasteiger partial charge in [0.25, 0.3) is 6.79 Å². The van der Waals surface area contributed by atoms with Gasteiger partial charge in [-0.05, 0) is 18.2 Å². The third-order valence-corrected chi connectivity index (χ3v) is 3.98. The molecule has 0 bridgehead atoms. The van der Waals surface area contributed by atoms with Gasteiger partial charge < -0.3 is 24.6 Å². The Bertz CT molecular complexity index is 834. The summed E-state index contributed by atoms with van der Waals surface area (Å²) in [5.74, 6) is -1.69. The second-order valence-corrected chi connectivity index (χ2v) is 6.41. The molecule has 160 valence electrons. The highest BCUT2D eigenvalue weighted by Gasteiger charge is 2.49. The van der Waals surface area contributed by atoms with Crippen LogP contribution in [-0.2, 0) is 14.4 Å². The van der Waals surface area contributed by atoms with E-state index in [1.807, 2.05) is 0 Å². The number of alkyl halides is 3. The molecule has 0 saturated carbocycles. The third-order valence-electron chi connectivity index (χ3n) is 3.49. The molecule has 1 unspecified atom stereocenters. The molecule has 0 radical (unpaired) electrons. The summed E-state index contributed by atoms with van der Waals surface area (Å²) in [7, 11) is 1.29. The van der Waals surface area contributed by atoms with Gasteiger partial charge in [-0.25, -0.2) is 4.79 Å². The molecule has 1 aliphatic heterocycles. The lowest BCUT2D eigenvalue weighted by Crippen LogP contribution is -2.41. The Morgan fingerprint density at radius 1 is 1.45 bits per heavy atom. The second kappa shape index (κ2) is 9.37. The first-order valence-electron chi connectivity index (χ1n) is 7.77. The van der Waals surface area contributed by atoms with E-state index in [0.29, 0.717) is 0 Å². The number of carbonyl (C=O) groups excluding carboxylic acids is 1. The number of aliphatic hydroxyl groups is 1. The summed E-state index contributed by atoms with van der Waals surface area (Å²) in [6.45, 7) is -1.34. The van der Waals surface area contributed by atoms with Crippen LogP contribution < -0.4 is 4.74 Å². The molecule has 1 aliphatic rings. The van der Waals surface area contributed by atoms with Crippen molar-refractivity contribution in [1.82, 2.24) is 5.01 Å². The Morgan fingerprint density at radius 3 is 2.76 bits per heavy atom. The average Bonchev–Trinajstić information content (AvgIpc) is 2.63. The number of hydrogen-bond acceptors (Lipinski definition) is 7. The fourth-order valence-corrected chi connectivity index (χ4v) is 2.73. The molecule has 0 amide bonds. The molecule has 0 saturated heterocycles. The maximum absolute atomic E-state index is 13.3. The summed E-state index contributed by atoms with van der Waals surface area (Å²) >= 11 is 11.7. The highest BCUT2D eigenvalue weighted by molar-refractivity contribution is 6.36. The number of nitrogens with zero attached hydrogens (tertiary/aromatic N) is 3. The zero-order valence-corrected chi connectivity index (χ0v) is 16.2. The molecule has 0 aromatic heterocycles. The van der Waals surface area contributed by atoms with Gasteiger partial charge in [-0.2, -0.15) is 13.2 Å². The van der Waals surface area contributed by atoms with Crippen molar-refractivity contribution in [1.29, 1.82) is 0 Å². The van der Waals surface area contributed by atoms with E-state index in [0.717, 1.165) is 11.1 Å². The average molecular weight is 460 g/mol. The molecule has 1 aromatic rings. The summed E-state index contributed by atoms with van der Waals surface area (Å²) in [4.78, 5) is 16.5. The maximum Gasteiger partial charge on any atom is 0.430 e. The van der Waals surface area contributed by atoms with Crippen LogP contribution in [0.3, 0.4) is 0 Å². The van der Waals surface area contributed by atoms with E-state index in [2.05, 4.69) is 14.9 Å². The molecule has 0 spiro atoms. The van der Waals surface area contributed by atoms with Gasteiger partial charge in [-0.1, -0.05) is 23.2 Å². The van der Waals surface area contributed by atoms with E-state index in [9.17, 15) is 23.2 Å². The minimum Gasteiger partial charge on any atom is -0.569 e. The Balaban J connectivity index is 2.15. The lowest BCUT2D eigenvalue weighted by Gasteiger charge is -2.28. The minimum absolute atomic E-state index is 0.0498. The van der Waals surface area contributed by atoms with E-state index in [4.69, 9.17) is 33.0 Å². The first kappa shape index (κ1) is 22.8. The quantitative estimate of drug-likeness (QED) is 0.167. The van der Waals surface area contributed by atoms with Crippen LogP contribution >= 0.6 is 23.2 Å². The van der Waals surface area contributed by atoms with Gasteiger partial charge in [0.2, 0.25) is 11.4 Å². The van der Waals surface area contributed by atoms with Crippen LogP contribution in [0.2, 0.25) is 10.0 Å². The standard InChI is InChI=1S/C15H14Cl2F3N3O6/c1-22(2-3-24)23(26)21-28-7-27-14(25)10-5-8-4-9(16)6-11(17)12(8)29-13(10)15(18,19)20/h4-6,13,24H,2-3,7H2,1H3/b23-21-. The summed E-state index contributed by atoms with van der Waals surface area (Å²) in [5.41, 5.74) is -0.819. The molecule has 1 N–H and O–H groups in total. The van der Waals surface area contributed by atoms with Crippen molar-refractivity contribution in [2.24, 2.45) is 5.28 Å². The predicted octanol–water partition coefficient (Wildman–Crippen LogP) is 2.93. The van der Waals surface area contributed by atoms with Crippen molar-refractivity contribution in [3.8, 4) is 5.75 Å². The topological polar surface area (TPSA) is 107 Å². The zero-order valence-electron chi connectivity index (χ0n) is 14.7. The molecule has 1 aromatic carbocycles. The number of benzene rings is 1. The second-order valence-electron chi connectivity index (χ2n) is 5.56. The molecule has 9 nitrogen and oxygen atoms in total. The molecular formula is C15H14Cl2F3N3O6. The number of fused-ring (bicyclic) bond motifs is 1. The van der Waals surface area contributed by atoms with Crippen molar-refractivity contribution < 1.29 is 42.4 Å². The van der Waals surface area contributed by atoms with Gasteiger partial charge in [0.1, 0.15) is 5.75 Å². The normalized spacial score (nSPS) is 16.4. The summed E-state index contributed by atoms with van der Waals surface area (Å²) in [5, 5.41) is 23.9. The molecule has 1 heterocycles. The molecular weight excluding hydrogens is 446 g/mol. The molecule has 29 heavy (non-hydrogen) atoms. The highest BCUT2D eigenvalue weighted by atomic mass is 35.5. The van der Waals surface area contributed by atoms with Crippen molar-refractivity contribution in [3.63, 3.8) is 0 Å². The monoisotopic (exact) mass is 459 g/mol. The Kier molecular flexibility index (Phi) is 7.38. The number of rotatable bonds is 7. The zero-order chi connectivity index (χ0) is 21.8. The number of carbonyl (C=O) groups is 1. The lowest BCUT2D eigenvalue weighted by molar-refractivity contribution is -0.706. The Morgan fingerprint density at radius 2 is 2.14 bits per heavy atom. The van der Waals surface area contributed by atoms with E-state index < -0.39 is 30.6 Å².